The Kier molecular flexibility index (Phi) is 6.94. The van der Waals surface area contributed by atoms with Gasteiger partial charge in [0.1, 0.15) is 11.3 Å². The number of benzene rings is 2. The van der Waals surface area contributed by atoms with E-state index in [4.69, 9.17) is 14.3 Å². The van der Waals surface area contributed by atoms with Crippen molar-refractivity contribution >= 4 is 71.6 Å². The van der Waals surface area contributed by atoms with Crippen LogP contribution in [0.1, 0.15) is 20.8 Å². The van der Waals surface area contributed by atoms with Crippen molar-refractivity contribution in [3.05, 3.63) is 69.7 Å². The number of ether oxygens (including phenoxy) is 2. The number of rotatable bonds is 6. The Morgan fingerprint density at radius 3 is 1.94 bits per heavy atom. The van der Waals surface area contributed by atoms with Crippen molar-refractivity contribution < 1.29 is 28.7 Å². The molecule has 1 aromatic heterocycles. The monoisotopic (exact) mass is 575 g/mol. The third-order valence-electron chi connectivity index (χ3n) is 4.46. The first-order valence-electron chi connectivity index (χ1n) is 9.52. The highest BCUT2D eigenvalue weighted by molar-refractivity contribution is 9.11. The van der Waals surface area contributed by atoms with E-state index in [1.807, 2.05) is 0 Å². The Morgan fingerprint density at radius 2 is 1.36 bits per heavy atom. The van der Waals surface area contributed by atoms with E-state index in [1.54, 1.807) is 18.2 Å². The first-order chi connectivity index (χ1) is 15.4. The highest BCUT2D eigenvalue weighted by Crippen LogP contribution is 2.42. The first kappa shape index (κ1) is 24.5. The molecule has 2 aromatic carbocycles. The van der Waals surface area contributed by atoms with Gasteiger partial charge in [-0.15, -0.1) is 0 Å². The van der Waals surface area contributed by atoms with Crippen LogP contribution in [-0.2, 0) is 14.4 Å². The highest BCUT2D eigenvalue weighted by Gasteiger charge is 2.24. The quantitative estimate of drug-likeness (QED) is 0.209. The van der Waals surface area contributed by atoms with Gasteiger partial charge in [0.25, 0.3) is 0 Å². The maximum Gasteiger partial charge on any atom is 0.358 e. The molecule has 0 aliphatic rings. The SMILES string of the molecule is C=C(C)C(=O)Oc1cc2c(cc1Br)c1ccc(Br)c(OC(=O)C(=C)C)c1n2OC(=O)C(=C)C. The number of hydrogen-bond donors (Lipinski definition) is 0. The summed E-state index contributed by atoms with van der Waals surface area (Å²) in [5.41, 5.74) is 1.26. The van der Waals surface area contributed by atoms with E-state index < -0.39 is 17.9 Å². The molecule has 0 saturated heterocycles. The third-order valence-corrected chi connectivity index (χ3v) is 5.71. The van der Waals surface area contributed by atoms with Crippen molar-refractivity contribution in [3.63, 3.8) is 0 Å². The van der Waals surface area contributed by atoms with Crippen molar-refractivity contribution in [2.24, 2.45) is 0 Å². The van der Waals surface area contributed by atoms with Crippen LogP contribution in [0.5, 0.6) is 11.5 Å². The van der Waals surface area contributed by atoms with Crippen LogP contribution >= 0.6 is 31.9 Å². The van der Waals surface area contributed by atoms with Crippen molar-refractivity contribution in [3.8, 4) is 11.5 Å². The minimum Gasteiger partial charge on any atom is -0.422 e. The molecule has 0 fully saturated rings. The van der Waals surface area contributed by atoms with E-state index >= 15 is 0 Å². The summed E-state index contributed by atoms with van der Waals surface area (Å²) in [5, 5.41) is 1.26. The van der Waals surface area contributed by atoms with Gasteiger partial charge in [-0.2, -0.15) is 4.73 Å². The lowest BCUT2D eigenvalue weighted by Gasteiger charge is -2.12. The molecule has 0 aliphatic carbocycles. The van der Waals surface area contributed by atoms with E-state index in [0.717, 1.165) is 0 Å². The second-order valence-electron chi connectivity index (χ2n) is 7.37. The molecule has 0 unspecified atom stereocenters. The Hall–Kier alpha value is -3.17. The molecule has 0 N–H and O–H groups in total. The standard InChI is InChI=1S/C24H19Br2NO6/c1-11(2)22(28)31-19-10-18-15(9-17(19)26)14-7-8-16(25)21(32-23(29)12(3)4)20(14)27(18)33-24(30)13(5)6/h7-10H,1,3,5H2,2,4,6H3. The van der Waals surface area contributed by atoms with Crippen molar-refractivity contribution in [1.82, 2.24) is 4.73 Å². The van der Waals surface area contributed by atoms with Crippen molar-refractivity contribution in [1.29, 1.82) is 0 Å². The lowest BCUT2D eigenvalue weighted by Crippen LogP contribution is -2.20. The van der Waals surface area contributed by atoms with Crippen LogP contribution in [0.25, 0.3) is 21.8 Å². The molecule has 0 radical (unpaired) electrons. The van der Waals surface area contributed by atoms with Crippen LogP contribution in [0, 0.1) is 0 Å². The predicted octanol–water partition coefficient (Wildman–Crippen LogP) is 5.81. The van der Waals surface area contributed by atoms with Crippen LogP contribution in [-0.4, -0.2) is 22.6 Å². The predicted molar refractivity (Wildman–Crippen MR) is 132 cm³/mol. The van der Waals surface area contributed by atoms with E-state index in [9.17, 15) is 14.4 Å². The summed E-state index contributed by atoms with van der Waals surface area (Å²) in [6, 6.07) is 6.72. The summed E-state index contributed by atoms with van der Waals surface area (Å²) >= 11 is 6.80. The highest BCUT2D eigenvalue weighted by atomic mass is 79.9. The van der Waals surface area contributed by atoms with Crippen LogP contribution < -0.4 is 14.3 Å². The van der Waals surface area contributed by atoms with Gasteiger partial charge in [-0.1, -0.05) is 25.8 Å². The fourth-order valence-electron chi connectivity index (χ4n) is 2.81. The number of aromatic nitrogens is 1. The Labute approximate surface area is 206 Å². The molecule has 1 heterocycles. The molecule has 0 aliphatic heterocycles. The van der Waals surface area contributed by atoms with E-state index in [0.29, 0.717) is 30.8 Å². The molecule has 3 aromatic rings. The maximum absolute atomic E-state index is 12.5. The van der Waals surface area contributed by atoms with Gasteiger partial charge in [0.15, 0.2) is 5.75 Å². The summed E-state index contributed by atoms with van der Waals surface area (Å²) in [7, 11) is 0. The fourth-order valence-corrected chi connectivity index (χ4v) is 3.64. The van der Waals surface area contributed by atoms with Crippen molar-refractivity contribution in [2.75, 3.05) is 0 Å². The zero-order valence-corrected chi connectivity index (χ0v) is 21.3. The number of carbonyl (C=O) groups excluding carboxylic acids is 3. The van der Waals surface area contributed by atoms with Crippen LogP contribution in [0.15, 0.2) is 69.7 Å². The number of nitrogens with zero attached hydrogens (tertiary/aromatic N) is 1. The van der Waals surface area contributed by atoms with Gasteiger partial charge < -0.3 is 14.3 Å². The molecule has 170 valence electrons. The fraction of sp³-hybridized carbons (Fsp3) is 0.125. The zero-order valence-electron chi connectivity index (χ0n) is 18.1. The summed E-state index contributed by atoms with van der Waals surface area (Å²) in [6.07, 6.45) is 0. The second kappa shape index (κ2) is 9.36. The summed E-state index contributed by atoms with van der Waals surface area (Å²) < 4.78 is 13.1. The molecule has 0 saturated carbocycles. The lowest BCUT2D eigenvalue weighted by atomic mass is 10.1. The van der Waals surface area contributed by atoms with Gasteiger partial charge in [-0.05, 0) is 64.8 Å². The van der Waals surface area contributed by atoms with Crippen LogP contribution in [0.3, 0.4) is 0 Å². The van der Waals surface area contributed by atoms with Crippen molar-refractivity contribution in [2.45, 2.75) is 20.8 Å². The summed E-state index contributed by atoms with van der Waals surface area (Å²) in [4.78, 5) is 42.5. The smallest absolute Gasteiger partial charge is 0.358 e. The van der Waals surface area contributed by atoms with Gasteiger partial charge in [0, 0.05) is 33.6 Å². The largest absolute Gasteiger partial charge is 0.422 e. The van der Waals surface area contributed by atoms with E-state index in [2.05, 4.69) is 51.6 Å². The summed E-state index contributed by atoms with van der Waals surface area (Å²) in [6.45, 7) is 15.4. The zero-order chi connectivity index (χ0) is 24.6. The minimum atomic E-state index is -0.700. The van der Waals surface area contributed by atoms with E-state index in [1.165, 1.54) is 31.6 Å². The molecule has 0 spiro atoms. The molecule has 0 amide bonds. The third kappa shape index (κ3) is 4.79. The Balaban J connectivity index is 2.38. The number of esters is 2. The van der Waals surface area contributed by atoms with Gasteiger partial charge in [-0.25, -0.2) is 14.4 Å². The van der Waals surface area contributed by atoms with Crippen LogP contribution in [0.2, 0.25) is 0 Å². The Morgan fingerprint density at radius 1 is 0.788 bits per heavy atom. The topological polar surface area (TPSA) is 83.8 Å². The van der Waals surface area contributed by atoms with Gasteiger partial charge in [0.2, 0.25) is 0 Å². The van der Waals surface area contributed by atoms with Crippen LogP contribution in [0.4, 0.5) is 0 Å². The Bertz CT molecular complexity index is 1400. The molecule has 7 nitrogen and oxygen atoms in total. The first-order valence-corrected chi connectivity index (χ1v) is 11.1. The van der Waals surface area contributed by atoms with E-state index in [-0.39, 0.29) is 28.2 Å². The minimum absolute atomic E-state index is 0.128. The summed E-state index contributed by atoms with van der Waals surface area (Å²) in [5.74, 6) is -1.65. The maximum atomic E-state index is 12.5. The molecule has 9 heteroatoms. The number of hydrogen-bond acceptors (Lipinski definition) is 6. The number of carbonyl (C=O) groups is 3. The van der Waals surface area contributed by atoms with Gasteiger partial charge >= 0.3 is 17.9 Å². The average Bonchev–Trinajstić information content (AvgIpc) is 3.02. The molecule has 0 atom stereocenters. The number of fused-ring (bicyclic) bond motifs is 3. The second-order valence-corrected chi connectivity index (χ2v) is 9.07. The molecule has 3 rings (SSSR count). The lowest BCUT2D eigenvalue weighted by molar-refractivity contribution is -0.138. The van der Waals surface area contributed by atoms with Gasteiger partial charge in [0.05, 0.1) is 14.5 Å². The normalized spacial score (nSPS) is 10.7. The number of halogens is 2. The van der Waals surface area contributed by atoms with Gasteiger partial charge in [-0.3, -0.25) is 0 Å². The molecule has 33 heavy (non-hydrogen) atoms. The molecule has 0 bridgehead atoms. The molecular weight excluding hydrogens is 558 g/mol. The average molecular weight is 577 g/mol. The molecular formula is C24H19Br2NO6.